The standard InChI is InChI=1S/C76H46N4/c77-47-49-21-37-71-65(41-49)67-43-59(33-39-73(67)79(71)61-17-9-3-10-18-61)53-27-23-51(24-28-53)57-32-36-64-69(45-57)75(55-13-5-1-6-14-55)63-35-31-58(46-70(63)76(64)56-15-7-2-8-16-56)52-25-29-54(30-26-52)60-34-40-74-68(44-60)66-42-50(48-78)22-38-72(66)80(74)62-19-11-4-12-20-62/h1-46H. The average Bonchev–Trinajstić information content (AvgIpc) is 4.06. The molecule has 0 aliphatic rings. The van der Waals surface area contributed by atoms with Gasteiger partial charge in [-0.2, -0.15) is 10.5 Å². The summed E-state index contributed by atoms with van der Waals surface area (Å²) in [6.07, 6.45) is 0. The van der Waals surface area contributed by atoms with Crippen molar-refractivity contribution >= 4 is 65.2 Å². The van der Waals surface area contributed by atoms with Gasteiger partial charge in [-0.25, -0.2) is 0 Å². The van der Waals surface area contributed by atoms with Crippen LogP contribution in [0.25, 0.3) is 143 Å². The van der Waals surface area contributed by atoms with Crippen LogP contribution in [0.1, 0.15) is 11.1 Å². The van der Waals surface area contributed by atoms with Gasteiger partial charge in [-0.05, 0) is 185 Å². The summed E-state index contributed by atoms with van der Waals surface area (Å²) in [6.45, 7) is 0. The molecule has 0 atom stereocenters. The van der Waals surface area contributed by atoms with Crippen LogP contribution in [0.5, 0.6) is 0 Å². The number of para-hydroxylation sites is 2. The Kier molecular flexibility index (Phi) is 10.9. The third kappa shape index (κ3) is 7.66. The van der Waals surface area contributed by atoms with Gasteiger partial charge in [-0.3, -0.25) is 0 Å². The van der Waals surface area contributed by atoms with Gasteiger partial charge in [-0.15, -0.1) is 0 Å². The Bertz CT molecular complexity index is 4700. The first-order valence-electron chi connectivity index (χ1n) is 27.0. The van der Waals surface area contributed by atoms with Crippen molar-refractivity contribution in [3.8, 4) is 90.3 Å². The molecule has 0 aliphatic carbocycles. The van der Waals surface area contributed by atoms with Crippen LogP contribution in [-0.4, -0.2) is 9.13 Å². The molecule has 0 saturated heterocycles. The van der Waals surface area contributed by atoms with Crippen molar-refractivity contribution in [1.29, 1.82) is 10.5 Å². The predicted octanol–water partition coefficient (Wildman–Crippen LogP) is 19.9. The van der Waals surface area contributed by atoms with Crippen molar-refractivity contribution < 1.29 is 0 Å². The fraction of sp³-hybridized carbons (Fsp3) is 0. The van der Waals surface area contributed by atoms with Gasteiger partial charge in [0, 0.05) is 32.9 Å². The van der Waals surface area contributed by atoms with E-state index in [4.69, 9.17) is 0 Å². The number of hydrogen-bond acceptors (Lipinski definition) is 2. The van der Waals surface area contributed by atoms with Crippen LogP contribution in [0.3, 0.4) is 0 Å². The maximum absolute atomic E-state index is 9.88. The molecule has 0 radical (unpaired) electrons. The van der Waals surface area contributed by atoms with Gasteiger partial charge in [0.2, 0.25) is 0 Å². The molecule has 2 aromatic heterocycles. The van der Waals surface area contributed by atoms with E-state index in [9.17, 15) is 10.5 Å². The van der Waals surface area contributed by atoms with Gasteiger partial charge in [-0.1, -0.05) is 182 Å². The van der Waals surface area contributed by atoms with Gasteiger partial charge in [0.25, 0.3) is 0 Å². The molecule has 0 saturated carbocycles. The van der Waals surface area contributed by atoms with Gasteiger partial charge < -0.3 is 9.13 Å². The SMILES string of the molecule is N#Cc1ccc2c(c1)c1cc(-c3ccc(-c4ccc5c(-c6ccccc6)c6cc(-c7ccc(-c8ccc9c(c8)c8cc(C#N)ccc8n9-c8ccccc8)cc7)ccc6c(-c6ccccc6)c5c4)cc3)ccc1n2-c1ccccc1. The fourth-order valence-electron chi connectivity index (χ4n) is 12.4. The Morgan fingerprint density at radius 1 is 0.212 bits per heavy atom. The summed E-state index contributed by atoms with van der Waals surface area (Å²) in [5.41, 5.74) is 21.7. The molecular weight excluding hydrogens is 969 g/mol. The average molecular weight is 1020 g/mol. The molecule has 2 heterocycles. The number of aromatic nitrogens is 2. The highest BCUT2D eigenvalue weighted by Gasteiger charge is 2.21. The van der Waals surface area contributed by atoms with E-state index in [0.29, 0.717) is 11.1 Å². The second kappa shape index (κ2) is 18.9. The minimum atomic E-state index is 0.648. The minimum absolute atomic E-state index is 0.648. The molecule has 0 fully saturated rings. The Morgan fingerprint density at radius 3 is 0.825 bits per heavy atom. The van der Waals surface area contributed by atoms with Gasteiger partial charge >= 0.3 is 0 Å². The lowest BCUT2D eigenvalue weighted by Gasteiger charge is -2.20. The van der Waals surface area contributed by atoms with E-state index in [1.54, 1.807) is 0 Å². The van der Waals surface area contributed by atoms with Crippen LogP contribution in [0.2, 0.25) is 0 Å². The third-order valence-electron chi connectivity index (χ3n) is 16.2. The van der Waals surface area contributed by atoms with E-state index in [-0.39, 0.29) is 0 Å². The lowest BCUT2D eigenvalue weighted by molar-refractivity contribution is 1.18. The van der Waals surface area contributed by atoms with E-state index in [0.717, 1.165) is 99.5 Å². The van der Waals surface area contributed by atoms with Crippen LogP contribution >= 0.6 is 0 Å². The van der Waals surface area contributed by atoms with Crippen molar-refractivity contribution in [1.82, 2.24) is 9.13 Å². The first kappa shape index (κ1) is 46.3. The highest BCUT2D eigenvalue weighted by atomic mass is 15.0. The number of fused-ring (bicyclic) bond motifs is 8. The summed E-state index contributed by atoms with van der Waals surface area (Å²) in [5.74, 6) is 0. The molecule has 15 aromatic rings. The van der Waals surface area contributed by atoms with Crippen molar-refractivity contribution in [3.05, 3.63) is 290 Å². The molecule has 0 aliphatic heterocycles. The fourth-order valence-corrected chi connectivity index (χ4v) is 12.4. The molecular formula is C76H46N4. The summed E-state index contributed by atoms with van der Waals surface area (Å²) in [5, 5.41) is 28.9. The lowest BCUT2D eigenvalue weighted by atomic mass is 9.84. The summed E-state index contributed by atoms with van der Waals surface area (Å²) in [6, 6.07) is 105. The summed E-state index contributed by atoms with van der Waals surface area (Å²) in [7, 11) is 0. The van der Waals surface area contributed by atoms with E-state index >= 15 is 0 Å². The van der Waals surface area contributed by atoms with E-state index in [1.165, 1.54) is 43.8 Å². The summed E-state index contributed by atoms with van der Waals surface area (Å²) in [4.78, 5) is 0. The van der Waals surface area contributed by atoms with Crippen molar-refractivity contribution in [3.63, 3.8) is 0 Å². The number of nitrogens with zero attached hydrogens (tertiary/aromatic N) is 4. The molecule has 0 spiro atoms. The van der Waals surface area contributed by atoms with Gasteiger partial charge in [0.1, 0.15) is 0 Å². The number of benzene rings is 13. The zero-order valence-electron chi connectivity index (χ0n) is 43.3. The molecule has 0 N–H and O–H groups in total. The highest BCUT2D eigenvalue weighted by Crippen LogP contribution is 2.47. The second-order valence-electron chi connectivity index (χ2n) is 20.7. The van der Waals surface area contributed by atoms with Crippen LogP contribution in [0.4, 0.5) is 0 Å². The normalized spacial score (nSPS) is 11.5. The smallest absolute Gasteiger partial charge is 0.0991 e. The quantitative estimate of drug-likeness (QED) is 0.142. The third-order valence-corrected chi connectivity index (χ3v) is 16.2. The molecule has 13 aromatic carbocycles. The first-order chi connectivity index (χ1) is 39.6. The second-order valence-corrected chi connectivity index (χ2v) is 20.7. The van der Waals surface area contributed by atoms with Crippen LogP contribution in [-0.2, 0) is 0 Å². The van der Waals surface area contributed by atoms with Crippen molar-refractivity contribution in [2.75, 3.05) is 0 Å². The maximum atomic E-state index is 9.88. The zero-order chi connectivity index (χ0) is 53.3. The number of hydrogen-bond donors (Lipinski definition) is 0. The zero-order valence-corrected chi connectivity index (χ0v) is 43.3. The monoisotopic (exact) mass is 1010 g/mol. The lowest BCUT2D eigenvalue weighted by Crippen LogP contribution is -1.93. The highest BCUT2D eigenvalue weighted by molar-refractivity contribution is 6.22. The van der Waals surface area contributed by atoms with Crippen LogP contribution in [0, 0.1) is 22.7 Å². The molecule has 370 valence electrons. The largest absolute Gasteiger partial charge is 0.309 e. The van der Waals surface area contributed by atoms with Crippen molar-refractivity contribution in [2.45, 2.75) is 0 Å². The van der Waals surface area contributed by atoms with E-state index in [1.807, 2.05) is 36.4 Å². The Labute approximate surface area is 462 Å². The molecule has 0 unspecified atom stereocenters. The molecule has 4 heteroatoms. The van der Waals surface area contributed by atoms with E-state index in [2.05, 4.69) is 264 Å². The van der Waals surface area contributed by atoms with Gasteiger partial charge in [0.05, 0.1) is 45.3 Å². The number of nitriles is 2. The van der Waals surface area contributed by atoms with E-state index < -0.39 is 0 Å². The Hall–Kier alpha value is -11.0. The summed E-state index contributed by atoms with van der Waals surface area (Å²) < 4.78 is 4.58. The molecule has 0 bridgehead atoms. The van der Waals surface area contributed by atoms with Crippen LogP contribution in [0.15, 0.2) is 279 Å². The molecule has 15 rings (SSSR count). The molecule has 80 heavy (non-hydrogen) atoms. The Morgan fingerprint density at radius 2 is 0.487 bits per heavy atom. The summed E-state index contributed by atoms with van der Waals surface area (Å²) >= 11 is 0. The molecule has 4 nitrogen and oxygen atoms in total. The Balaban J connectivity index is 0.823. The molecule has 0 amide bonds. The minimum Gasteiger partial charge on any atom is -0.309 e. The van der Waals surface area contributed by atoms with Gasteiger partial charge in [0.15, 0.2) is 0 Å². The maximum Gasteiger partial charge on any atom is 0.0991 e. The van der Waals surface area contributed by atoms with Crippen LogP contribution < -0.4 is 0 Å². The van der Waals surface area contributed by atoms with Crippen molar-refractivity contribution in [2.24, 2.45) is 0 Å². The topological polar surface area (TPSA) is 57.4 Å². The first-order valence-corrected chi connectivity index (χ1v) is 27.0. The predicted molar refractivity (Wildman–Crippen MR) is 332 cm³/mol. The number of rotatable bonds is 8.